The first-order valence-electron chi connectivity index (χ1n) is 9.41. The smallest absolute Gasteiger partial charge is 0.345 e. The monoisotopic (exact) mass is 440 g/mol. The lowest BCUT2D eigenvalue weighted by molar-refractivity contribution is 0.563. The summed E-state index contributed by atoms with van der Waals surface area (Å²) in [6.07, 6.45) is 1.75. The maximum atomic E-state index is 12.6. The van der Waals surface area contributed by atoms with E-state index in [1.54, 1.807) is 29.7 Å². The van der Waals surface area contributed by atoms with Crippen LogP contribution >= 0.6 is 22.9 Å². The number of benzene rings is 3. The van der Waals surface area contributed by atoms with E-state index >= 15 is 0 Å². The molecule has 0 saturated carbocycles. The molecule has 6 heteroatoms. The van der Waals surface area contributed by atoms with Gasteiger partial charge in [-0.15, -0.1) is 11.3 Å². The molecule has 2 heterocycles. The van der Waals surface area contributed by atoms with Gasteiger partial charge < -0.3 is 4.42 Å². The van der Waals surface area contributed by atoms with E-state index in [-0.39, 0.29) is 0 Å². The number of aromatic nitrogens is 1. The van der Waals surface area contributed by atoms with Crippen LogP contribution in [0.3, 0.4) is 0 Å². The molecule has 0 radical (unpaired) electrons. The first-order chi connectivity index (χ1) is 15.1. The zero-order valence-electron chi connectivity index (χ0n) is 16.0. The van der Waals surface area contributed by atoms with Gasteiger partial charge in [0, 0.05) is 15.8 Å². The fourth-order valence-corrected chi connectivity index (χ4v) is 4.35. The maximum absolute atomic E-state index is 12.6. The van der Waals surface area contributed by atoms with Crippen LogP contribution < -0.4 is 5.63 Å². The Morgan fingerprint density at radius 1 is 1.06 bits per heavy atom. The summed E-state index contributed by atoms with van der Waals surface area (Å²) in [5.74, 6) is 0. The number of hydrogen-bond acceptors (Lipinski definition) is 5. The second kappa shape index (κ2) is 7.84. The predicted octanol–water partition coefficient (Wildman–Crippen LogP) is 6.79. The highest BCUT2D eigenvalue weighted by Gasteiger charge is 2.15. The molecule has 5 aromatic rings. The highest BCUT2D eigenvalue weighted by Crippen LogP contribution is 2.30. The van der Waals surface area contributed by atoms with Crippen LogP contribution in [-0.2, 0) is 0 Å². The van der Waals surface area contributed by atoms with Crippen molar-refractivity contribution in [3.8, 4) is 17.3 Å². The van der Waals surface area contributed by atoms with E-state index in [1.165, 1.54) is 11.3 Å². The first kappa shape index (κ1) is 19.3. The van der Waals surface area contributed by atoms with Gasteiger partial charge in [-0.25, -0.2) is 9.78 Å². The van der Waals surface area contributed by atoms with Crippen LogP contribution in [0.25, 0.3) is 44.6 Å². The molecule has 31 heavy (non-hydrogen) atoms. The quantitative estimate of drug-likeness (QED) is 0.176. The Morgan fingerprint density at radius 3 is 2.68 bits per heavy atom. The fraction of sp³-hybridized carbons (Fsp3) is 0. The molecule has 0 aliphatic carbocycles. The summed E-state index contributed by atoms with van der Waals surface area (Å²) in [4.78, 5) is 17.2. The van der Waals surface area contributed by atoms with Crippen molar-refractivity contribution in [3.63, 3.8) is 0 Å². The second-order valence-electron chi connectivity index (χ2n) is 6.91. The first-order valence-corrected chi connectivity index (χ1v) is 10.7. The minimum Gasteiger partial charge on any atom is -0.422 e. The molecule has 0 N–H and O–H groups in total. The number of rotatable bonds is 3. The van der Waals surface area contributed by atoms with Crippen LogP contribution in [0.5, 0.6) is 0 Å². The van der Waals surface area contributed by atoms with Crippen LogP contribution in [0.2, 0.25) is 5.02 Å². The average Bonchev–Trinajstić information content (AvgIpc) is 3.28. The minimum absolute atomic E-state index is 0.370. The van der Waals surface area contributed by atoms with E-state index in [9.17, 15) is 10.1 Å². The molecule has 0 saturated heterocycles. The third-order valence-electron chi connectivity index (χ3n) is 4.95. The van der Waals surface area contributed by atoms with Crippen molar-refractivity contribution < 1.29 is 4.42 Å². The lowest BCUT2D eigenvalue weighted by Gasteiger charge is -2.04. The van der Waals surface area contributed by atoms with Crippen molar-refractivity contribution in [3.05, 3.63) is 98.1 Å². The summed E-state index contributed by atoms with van der Waals surface area (Å²) in [5.41, 5.74) is 2.18. The number of halogens is 1. The van der Waals surface area contributed by atoms with Gasteiger partial charge in [-0.2, -0.15) is 5.26 Å². The molecule has 0 fully saturated rings. The summed E-state index contributed by atoms with van der Waals surface area (Å²) in [6.45, 7) is 0. The van der Waals surface area contributed by atoms with E-state index in [1.807, 2.05) is 48.5 Å². The molecule has 0 amide bonds. The van der Waals surface area contributed by atoms with Crippen molar-refractivity contribution >= 4 is 56.3 Å². The number of allylic oxidation sites excluding steroid dienone is 1. The Labute approximate surface area is 186 Å². The number of fused-ring (bicyclic) bond motifs is 3. The van der Waals surface area contributed by atoms with Crippen molar-refractivity contribution in [1.29, 1.82) is 5.26 Å². The third-order valence-corrected chi connectivity index (χ3v) is 6.08. The van der Waals surface area contributed by atoms with Crippen LogP contribution in [0.15, 0.2) is 81.3 Å². The van der Waals surface area contributed by atoms with E-state index in [4.69, 9.17) is 16.0 Å². The van der Waals surface area contributed by atoms with Gasteiger partial charge in [0.1, 0.15) is 16.7 Å². The molecule has 148 valence electrons. The third kappa shape index (κ3) is 3.64. The zero-order chi connectivity index (χ0) is 21.4. The molecular weight excluding hydrogens is 428 g/mol. The van der Waals surface area contributed by atoms with Crippen LogP contribution in [-0.4, -0.2) is 4.98 Å². The molecule has 5 rings (SSSR count). The molecule has 4 nitrogen and oxygen atoms in total. The van der Waals surface area contributed by atoms with Crippen molar-refractivity contribution in [2.45, 2.75) is 0 Å². The predicted molar refractivity (Wildman–Crippen MR) is 126 cm³/mol. The van der Waals surface area contributed by atoms with Gasteiger partial charge >= 0.3 is 5.63 Å². The number of nitriles is 1. The topological polar surface area (TPSA) is 66.9 Å². The molecule has 0 aliphatic rings. The van der Waals surface area contributed by atoms with Gasteiger partial charge in [-0.3, -0.25) is 0 Å². The Hall–Kier alpha value is -3.72. The standard InChI is InChI=1S/C25H13ClN2O2S/c26-18-8-5-15(6-9-18)11-17(13-27)24-28-22(14-31-24)21-12-20-19-4-2-1-3-16(19)7-10-23(20)30-25(21)29/h1-12,14H/b17-11+. The van der Waals surface area contributed by atoms with Crippen LogP contribution in [0, 0.1) is 11.3 Å². The van der Waals surface area contributed by atoms with Gasteiger partial charge in [0.25, 0.3) is 0 Å². The lowest BCUT2D eigenvalue weighted by atomic mass is 10.0. The highest BCUT2D eigenvalue weighted by atomic mass is 35.5. The van der Waals surface area contributed by atoms with E-state index < -0.39 is 5.63 Å². The van der Waals surface area contributed by atoms with E-state index in [0.29, 0.717) is 32.4 Å². The van der Waals surface area contributed by atoms with Crippen molar-refractivity contribution in [1.82, 2.24) is 4.98 Å². The Morgan fingerprint density at radius 2 is 1.87 bits per heavy atom. The summed E-state index contributed by atoms with van der Waals surface area (Å²) in [5, 5.41) is 15.5. The zero-order valence-corrected chi connectivity index (χ0v) is 17.6. The summed E-state index contributed by atoms with van der Waals surface area (Å²) in [7, 11) is 0. The summed E-state index contributed by atoms with van der Waals surface area (Å²) in [6, 6.07) is 22.9. The summed E-state index contributed by atoms with van der Waals surface area (Å²) >= 11 is 7.24. The van der Waals surface area contributed by atoms with Crippen LogP contribution in [0.1, 0.15) is 10.6 Å². The number of nitrogens with zero attached hydrogens (tertiary/aromatic N) is 2. The molecule has 0 bridgehead atoms. The van der Waals surface area contributed by atoms with Gasteiger partial charge in [0.05, 0.1) is 16.8 Å². The molecule has 0 spiro atoms. The van der Waals surface area contributed by atoms with Gasteiger partial charge in [0.2, 0.25) is 0 Å². The second-order valence-corrected chi connectivity index (χ2v) is 8.20. The van der Waals surface area contributed by atoms with Gasteiger partial charge in [0.15, 0.2) is 0 Å². The molecular formula is C25H13ClN2O2S. The largest absolute Gasteiger partial charge is 0.422 e. The number of hydrogen-bond donors (Lipinski definition) is 0. The highest BCUT2D eigenvalue weighted by molar-refractivity contribution is 7.11. The normalized spacial score (nSPS) is 11.7. The molecule has 3 aromatic carbocycles. The minimum atomic E-state index is -0.459. The Kier molecular flexibility index (Phi) is 4.87. The molecule has 2 aromatic heterocycles. The molecule has 0 atom stereocenters. The van der Waals surface area contributed by atoms with E-state index in [2.05, 4.69) is 11.1 Å². The average molecular weight is 441 g/mol. The molecule has 0 aliphatic heterocycles. The maximum Gasteiger partial charge on any atom is 0.345 e. The van der Waals surface area contributed by atoms with Gasteiger partial charge in [-0.05, 0) is 46.7 Å². The summed E-state index contributed by atoms with van der Waals surface area (Å²) < 4.78 is 5.58. The van der Waals surface area contributed by atoms with Gasteiger partial charge in [-0.1, -0.05) is 54.1 Å². The molecule has 0 unspecified atom stereocenters. The Balaban J connectivity index is 1.61. The van der Waals surface area contributed by atoms with E-state index in [0.717, 1.165) is 21.7 Å². The number of thiazole rings is 1. The lowest BCUT2D eigenvalue weighted by Crippen LogP contribution is -2.03. The van der Waals surface area contributed by atoms with Crippen molar-refractivity contribution in [2.75, 3.05) is 0 Å². The SMILES string of the molecule is N#C/C(=C\c1ccc(Cl)cc1)c1nc(-c2cc3c(ccc4ccccc43)oc2=O)cs1. The van der Waals surface area contributed by atoms with Crippen LogP contribution in [0.4, 0.5) is 0 Å². The van der Waals surface area contributed by atoms with Crippen molar-refractivity contribution in [2.24, 2.45) is 0 Å². The Bertz CT molecular complexity index is 1570. The fourth-order valence-electron chi connectivity index (χ4n) is 3.44.